The fraction of sp³-hybridized carbons (Fsp3) is 0.190. The van der Waals surface area contributed by atoms with Crippen molar-refractivity contribution in [2.24, 2.45) is 0 Å². The smallest absolute Gasteiger partial charge is 0.413 e. The highest BCUT2D eigenvalue weighted by atomic mass is 32.1. The Balaban J connectivity index is 1.29. The largest absolute Gasteiger partial charge is 0.486 e. The van der Waals surface area contributed by atoms with Crippen molar-refractivity contribution in [2.75, 3.05) is 30.5 Å². The molecule has 2 N–H and O–H groups in total. The van der Waals surface area contributed by atoms with E-state index < -0.39 is 12.0 Å². The SMILES string of the molecule is CCOC(=O)Nc1nc2ccc(NC(=O)c3cn(-c4ccc5c(c4)OCCO5)nn3)cc2s1. The van der Waals surface area contributed by atoms with Gasteiger partial charge in [0, 0.05) is 11.8 Å². The molecule has 33 heavy (non-hydrogen) atoms. The van der Waals surface area contributed by atoms with Crippen LogP contribution in [0.3, 0.4) is 0 Å². The van der Waals surface area contributed by atoms with Gasteiger partial charge in [0.1, 0.15) is 13.2 Å². The second-order valence-electron chi connectivity index (χ2n) is 6.88. The van der Waals surface area contributed by atoms with E-state index >= 15 is 0 Å². The fourth-order valence-corrected chi connectivity index (χ4v) is 4.06. The number of carbonyl (C=O) groups is 2. The second-order valence-corrected chi connectivity index (χ2v) is 7.91. The number of nitrogens with zero attached hydrogens (tertiary/aromatic N) is 4. The van der Waals surface area contributed by atoms with Crippen LogP contribution in [0.25, 0.3) is 15.9 Å². The standard InChI is InChI=1S/C21H18N6O5S/c1-2-30-21(29)24-20-23-14-5-3-12(9-18(14)33-20)22-19(28)15-11-27(26-25-15)13-4-6-16-17(10-13)32-8-7-31-16/h3-6,9-11H,2,7-8H2,1H3,(H,22,28)(H,23,24,29). The molecule has 2 aromatic carbocycles. The molecular weight excluding hydrogens is 448 g/mol. The van der Waals surface area contributed by atoms with Crippen LogP contribution in [0, 0.1) is 0 Å². The molecule has 2 aromatic heterocycles. The van der Waals surface area contributed by atoms with E-state index in [1.54, 1.807) is 37.3 Å². The Morgan fingerprint density at radius 1 is 1.12 bits per heavy atom. The summed E-state index contributed by atoms with van der Waals surface area (Å²) in [5.74, 6) is 0.879. The summed E-state index contributed by atoms with van der Waals surface area (Å²) in [6.07, 6.45) is 0.971. The van der Waals surface area contributed by atoms with E-state index in [9.17, 15) is 9.59 Å². The Morgan fingerprint density at radius 3 is 2.82 bits per heavy atom. The van der Waals surface area contributed by atoms with E-state index in [1.165, 1.54) is 22.2 Å². The number of aromatic nitrogens is 4. The second kappa shape index (κ2) is 8.74. The van der Waals surface area contributed by atoms with Gasteiger partial charge in [-0.2, -0.15) is 0 Å². The van der Waals surface area contributed by atoms with Gasteiger partial charge in [-0.25, -0.2) is 14.5 Å². The average Bonchev–Trinajstić information content (AvgIpc) is 3.46. The van der Waals surface area contributed by atoms with Gasteiger partial charge in [0.25, 0.3) is 5.91 Å². The molecule has 168 valence electrons. The van der Waals surface area contributed by atoms with E-state index in [4.69, 9.17) is 14.2 Å². The molecule has 0 bridgehead atoms. The molecule has 12 heteroatoms. The number of ether oxygens (including phenoxy) is 3. The molecule has 3 heterocycles. The van der Waals surface area contributed by atoms with Crippen molar-refractivity contribution in [2.45, 2.75) is 6.92 Å². The first-order valence-corrected chi connectivity index (χ1v) is 10.9. The lowest BCUT2D eigenvalue weighted by Crippen LogP contribution is -2.15. The summed E-state index contributed by atoms with van der Waals surface area (Å²) in [7, 11) is 0. The van der Waals surface area contributed by atoms with Crippen LogP contribution in [0.1, 0.15) is 17.4 Å². The van der Waals surface area contributed by atoms with Crippen molar-refractivity contribution in [3.05, 3.63) is 48.3 Å². The molecule has 5 rings (SSSR count). The number of nitrogens with one attached hydrogen (secondary N) is 2. The Bertz CT molecular complexity index is 1350. The van der Waals surface area contributed by atoms with Crippen LogP contribution >= 0.6 is 11.3 Å². The molecular formula is C21H18N6O5S. The fourth-order valence-electron chi connectivity index (χ4n) is 3.17. The van der Waals surface area contributed by atoms with Crippen molar-refractivity contribution in [3.8, 4) is 17.2 Å². The minimum absolute atomic E-state index is 0.152. The Labute approximate surface area is 191 Å². The summed E-state index contributed by atoms with van der Waals surface area (Å²) in [5.41, 5.74) is 2.10. The van der Waals surface area contributed by atoms with Gasteiger partial charge in [0.15, 0.2) is 22.3 Å². The molecule has 0 atom stereocenters. The van der Waals surface area contributed by atoms with Crippen molar-refractivity contribution in [3.63, 3.8) is 0 Å². The molecule has 0 aliphatic carbocycles. The van der Waals surface area contributed by atoms with Crippen LogP contribution in [0.4, 0.5) is 15.6 Å². The maximum absolute atomic E-state index is 12.7. The van der Waals surface area contributed by atoms with Gasteiger partial charge >= 0.3 is 6.09 Å². The first kappa shape index (κ1) is 20.7. The van der Waals surface area contributed by atoms with E-state index in [-0.39, 0.29) is 12.3 Å². The summed E-state index contributed by atoms with van der Waals surface area (Å²) < 4.78 is 18.3. The summed E-state index contributed by atoms with van der Waals surface area (Å²) in [6.45, 7) is 2.98. The molecule has 1 aliphatic rings. The van der Waals surface area contributed by atoms with Crippen molar-refractivity contribution in [1.82, 2.24) is 20.0 Å². The van der Waals surface area contributed by atoms with E-state index in [0.29, 0.717) is 46.7 Å². The van der Waals surface area contributed by atoms with Crippen LogP contribution in [-0.4, -0.2) is 51.8 Å². The predicted octanol–water partition coefficient (Wildman–Crippen LogP) is 3.47. The number of amides is 2. The predicted molar refractivity (Wildman–Crippen MR) is 121 cm³/mol. The Morgan fingerprint density at radius 2 is 1.97 bits per heavy atom. The van der Waals surface area contributed by atoms with Crippen LogP contribution in [0.2, 0.25) is 0 Å². The molecule has 0 unspecified atom stereocenters. The zero-order valence-electron chi connectivity index (χ0n) is 17.4. The van der Waals surface area contributed by atoms with Gasteiger partial charge in [-0.1, -0.05) is 16.6 Å². The first-order chi connectivity index (χ1) is 16.1. The third-order valence-electron chi connectivity index (χ3n) is 4.65. The Hall–Kier alpha value is -4.19. The molecule has 0 saturated carbocycles. The lowest BCUT2D eigenvalue weighted by molar-refractivity contribution is 0.102. The monoisotopic (exact) mass is 466 g/mol. The maximum Gasteiger partial charge on any atom is 0.413 e. The van der Waals surface area contributed by atoms with Crippen LogP contribution in [-0.2, 0) is 4.74 Å². The third kappa shape index (κ3) is 4.41. The number of anilines is 2. The molecule has 0 spiro atoms. The third-order valence-corrected chi connectivity index (χ3v) is 5.58. The molecule has 0 radical (unpaired) electrons. The summed E-state index contributed by atoms with van der Waals surface area (Å²) >= 11 is 1.27. The van der Waals surface area contributed by atoms with Crippen LogP contribution < -0.4 is 20.1 Å². The molecule has 0 saturated heterocycles. The van der Waals surface area contributed by atoms with Crippen molar-refractivity contribution < 1.29 is 23.8 Å². The Kier molecular flexibility index (Phi) is 5.48. The highest BCUT2D eigenvalue weighted by Crippen LogP contribution is 2.32. The number of thiazole rings is 1. The van der Waals surface area contributed by atoms with Crippen LogP contribution in [0.5, 0.6) is 11.5 Å². The van der Waals surface area contributed by atoms with E-state index in [2.05, 4.69) is 25.9 Å². The number of fused-ring (bicyclic) bond motifs is 2. The van der Waals surface area contributed by atoms with Gasteiger partial charge in [0.2, 0.25) is 0 Å². The van der Waals surface area contributed by atoms with Crippen LogP contribution in [0.15, 0.2) is 42.6 Å². The highest BCUT2D eigenvalue weighted by Gasteiger charge is 2.16. The summed E-state index contributed by atoms with van der Waals surface area (Å²) in [6, 6.07) is 10.6. The summed E-state index contributed by atoms with van der Waals surface area (Å²) in [4.78, 5) is 28.6. The first-order valence-electron chi connectivity index (χ1n) is 10.1. The van der Waals surface area contributed by atoms with E-state index in [0.717, 1.165) is 4.70 Å². The number of hydrogen-bond donors (Lipinski definition) is 2. The lowest BCUT2D eigenvalue weighted by atomic mass is 10.2. The normalized spacial score (nSPS) is 12.4. The lowest BCUT2D eigenvalue weighted by Gasteiger charge is -2.18. The number of hydrogen-bond acceptors (Lipinski definition) is 9. The molecule has 11 nitrogen and oxygen atoms in total. The zero-order valence-corrected chi connectivity index (χ0v) is 18.2. The highest BCUT2D eigenvalue weighted by molar-refractivity contribution is 7.22. The number of benzene rings is 2. The summed E-state index contributed by atoms with van der Waals surface area (Å²) in [5, 5.41) is 13.8. The minimum atomic E-state index is -0.564. The van der Waals surface area contributed by atoms with Gasteiger partial charge in [-0.05, 0) is 37.3 Å². The molecule has 1 aliphatic heterocycles. The molecule has 2 amide bonds. The zero-order chi connectivity index (χ0) is 22.8. The quantitative estimate of drug-likeness (QED) is 0.457. The average molecular weight is 466 g/mol. The maximum atomic E-state index is 12.7. The minimum Gasteiger partial charge on any atom is -0.486 e. The van der Waals surface area contributed by atoms with Crippen molar-refractivity contribution >= 4 is 44.4 Å². The number of rotatable bonds is 5. The molecule has 0 fully saturated rings. The van der Waals surface area contributed by atoms with Gasteiger partial charge in [-0.15, -0.1) is 5.10 Å². The number of carbonyl (C=O) groups excluding carboxylic acids is 2. The van der Waals surface area contributed by atoms with Gasteiger partial charge in [0.05, 0.1) is 28.7 Å². The molecule has 4 aromatic rings. The topological polar surface area (TPSA) is 129 Å². The van der Waals surface area contributed by atoms with Crippen molar-refractivity contribution in [1.29, 1.82) is 0 Å². The van der Waals surface area contributed by atoms with Gasteiger partial charge in [-0.3, -0.25) is 10.1 Å². The van der Waals surface area contributed by atoms with E-state index in [1.807, 2.05) is 6.07 Å². The van der Waals surface area contributed by atoms with Gasteiger partial charge < -0.3 is 19.5 Å².